The largest absolute Gasteiger partial charge is 0.508 e. The quantitative estimate of drug-likeness (QED) is 0.287. The molecule has 0 aliphatic carbocycles. The predicted octanol–water partition coefficient (Wildman–Crippen LogP) is 6.21. The summed E-state index contributed by atoms with van der Waals surface area (Å²) < 4.78 is 0. The Morgan fingerprint density at radius 1 is 0.394 bits per heavy atom. The minimum Gasteiger partial charge on any atom is -0.508 e. The Morgan fingerprint density at radius 3 is 0.758 bits per heavy atom. The summed E-state index contributed by atoms with van der Waals surface area (Å²) in [6, 6.07) is 28.9. The summed E-state index contributed by atoms with van der Waals surface area (Å²) in [7, 11) is 0. The topological polar surface area (TPSA) is 80.9 Å². The highest BCUT2D eigenvalue weighted by Gasteiger charge is 2.40. The molecule has 0 aliphatic rings. The third-order valence-corrected chi connectivity index (χ3v) is 6.72. The summed E-state index contributed by atoms with van der Waals surface area (Å²) in [5, 5.41) is 39.6. The average Bonchev–Trinajstić information content (AvgIpc) is 2.80. The molecule has 4 aromatic rings. The second-order valence-electron chi connectivity index (χ2n) is 9.03. The zero-order valence-electron chi connectivity index (χ0n) is 18.7. The molecule has 33 heavy (non-hydrogen) atoms. The first-order valence-corrected chi connectivity index (χ1v) is 10.9. The number of aromatic hydroxyl groups is 4. The second-order valence-corrected chi connectivity index (χ2v) is 9.03. The number of hydrogen-bond donors (Lipinski definition) is 4. The van der Waals surface area contributed by atoms with Crippen LogP contribution in [0.1, 0.15) is 42.5 Å². The summed E-state index contributed by atoms with van der Waals surface area (Å²) in [6.45, 7) is 4.32. The maximum Gasteiger partial charge on any atom is 0.115 e. The van der Waals surface area contributed by atoms with Gasteiger partial charge in [-0.15, -0.1) is 0 Å². The van der Waals surface area contributed by atoms with Crippen LogP contribution in [0.4, 0.5) is 0 Å². The summed E-state index contributed by atoms with van der Waals surface area (Å²) in [5.41, 5.74) is 3.10. The van der Waals surface area contributed by atoms with Crippen molar-refractivity contribution in [2.24, 2.45) is 0 Å². The predicted molar refractivity (Wildman–Crippen MR) is 130 cm³/mol. The third kappa shape index (κ3) is 4.37. The lowest BCUT2D eigenvalue weighted by Crippen LogP contribution is -2.36. The molecule has 0 spiro atoms. The Kier molecular flexibility index (Phi) is 5.77. The molecular formula is C29H28O4. The van der Waals surface area contributed by atoms with E-state index in [-0.39, 0.29) is 23.0 Å². The van der Waals surface area contributed by atoms with E-state index in [1.165, 1.54) is 0 Å². The van der Waals surface area contributed by atoms with E-state index in [0.29, 0.717) is 6.42 Å². The molecule has 0 atom stereocenters. The van der Waals surface area contributed by atoms with E-state index in [1.807, 2.05) is 48.5 Å². The average molecular weight is 441 g/mol. The van der Waals surface area contributed by atoms with E-state index in [2.05, 4.69) is 13.8 Å². The van der Waals surface area contributed by atoms with Crippen molar-refractivity contribution in [1.82, 2.24) is 0 Å². The lowest BCUT2D eigenvalue weighted by Gasteiger charge is -2.41. The van der Waals surface area contributed by atoms with E-state index in [1.54, 1.807) is 48.5 Å². The van der Waals surface area contributed by atoms with Gasteiger partial charge in [-0.3, -0.25) is 0 Å². The first-order valence-electron chi connectivity index (χ1n) is 10.9. The van der Waals surface area contributed by atoms with Crippen LogP contribution in [0.25, 0.3) is 0 Å². The van der Waals surface area contributed by atoms with E-state index in [0.717, 1.165) is 22.3 Å². The van der Waals surface area contributed by atoms with Gasteiger partial charge in [-0.05, 0) is 77.2 Å². The van der Waals surface area contributed by atoms with Crippen molar-refractivity contribution in [3.05, 3.63) is 119 Å². The molecule has 0 aromatic heterocycles. The molecule has 168 valence electrons. The molecular weight excluding hydrogens is 412 g/mol. The lowest BCUT2D eigenvalue weighted by atomic mass is 9.61. The van der Waals surface area contributed by atoms with Crippen LogP contribution in [0.2, 0.25) is 0 Å². The van der Waals surface area contributed by atoms with Gasteiger partial charge in [-0.25, -0.2) is 0 Å². The molecule has 0 fully saturated rings. The van der Waals surface area contributed by atoms with E-state index < -0.39 is 10.8 Å². The fourth-order valence-electron chi connectivity index (χ4n) is 4.77. The Morgan fingerprint density at radius 2 is 0.576 bits per heavy atom. The Balaban J connectivity index is 1.92. The lowest BCUT2D eigenvalue weighted by molar-refractivity contribution is 0.391. The van der Waals surface area contributed by atoms with Gasteiger partial charge < -0.3 is 20.4 Å². The van der Waals surface area contributed by atoms with Crippen LogP contribution in [-0.2, 0) is 10.8 Å². The normalized spacial score (nSPS) is 11.9. The summed E-state index contributed by atoms with van der Waals surface area (Å²) in [4.78, 5) is 0. The van der Waals surface area contributed by atoms with Gasteiger partial charge in [-0.1, -0.05) is 62.4 Å². The van der Waals surface area contributed by atoms with Gasteiger partial charge in [0.15, 0.2) is 0 Å². The van der Waals surface area contributed by atoms with Gasteiger partial charge in [0.25, 0.3) is 0 Å². The van der Waals surface area contributed by atoms with Crippen LogP contribution in [0, 0.1) is 0 Å². The third-order valence-electron chi connectivity index (χ3n) is 6.72. The summed E-state index contributed by atoms with van der Waals surface area (Å²) in [6.07, 6.45) is 0.644. The molecule has 4 rings (SSSR count). The van der Waals surface area contributed by atoms with Gasteiger partial charge in [0, 0.05) is 10.8 Å². The molecule has 0 aliphatic heterocycles. The number of phenolic OH excluding ortho intramolecular Hbond substituents is 4. The highest BCUT2D eigenvalue weighted by Crippen LogP contribution is 2.47. The van der Waals surface area contributed by atoms with Crippen LogP contribution in [0.15, 0.2) is 97.1 Å². The zero-order chi connectivity index (χ0) is 23.6. The Labute approximate surface area is 194 Å². The van der Waals surface area contributed by atoms with Gasteiger partial charge in [0.2, 0.25) is 0 Å². The molecule has 4 N–H and O–H groups in total. The molecule has 0 amide bonds. The highest BCUT2D eigenvalue weighted by atomic mass is 16.3. The number of phenols is 4. The van der Waals surface area contributed by atoms with Crippen LogP contribution in [0.5, 0.6) is 23.0 Å². The Hall–Kier alpha value is -3.92. The van der Waals surface area contributed by atoms with Gasteiger partial charge >= 0.3 is 0 Å². The molecule has 0 heterocycles. The number of benzene rings is 4. The Bertz CT molecular complexity index is 1020. The van der Waals surface area contributed by atoms with Gasteiger partial charge in [-0.2, -0.15) is 0 Å². The second kappa shape index (κ2) is 8.55. The van der Waals surface area contributed by atoms with Crippen molar-refractivity contribution in [2.45, 2.75) is 31.1 Å². The van der Waals surface area contributed by atoms with E-state index >= 15 is 0 Å². The van der Waals surface area contributed by atoms with Crippen molar-refractivity contribution in [3.63, 3.8) is 0 Å². The minimum atomic E-state index is -0.494. The van der Waals surface area contributed by atoms with Crippen molar-refractivity contribution >= 4 is 0 Å². The van der Waals surface area contributed by atoms with Crippen LogP contribution < -0.4 is 0 Å². The van der Waals surface area contributed by atoms with E-state index in [9.17, 15) is 20.4 Å². The van der Waals surface area contributed by atoms with Crippen LogP contribution in [-0.4, -0.2) is 20.4 Å². The van der Waals surface area contributed by atoms with Gasteiger partial charge in [0.1, 0.15) is 23.0 Å². The first kappa shape index (κ1) is 22.3. The molecule has 4 nitrogen and oxygen atoms in total. The van der Waals surface area contributed by atoms with Crippen LogP contribution >= 0.6 is 0 Å². The van der Waals surface area contributed by atoms with E-state index in [4.69, 9.17) is 0 Å². The van der Waals surface area contributed by atoms with Crippen molar-refractivity contribution in [3.8, 4) is 23.0 Å². The monoisotopic (exact) mass is 440 g/mol. The highest BCUT2D eigenvalue weighted by molar-refractivity contribution is 5.48. The minimum absolute atomic E-state index is 0.201. The van der Waals surface area contributed by atoms with Crippen molar-refractivity contribution in [2.75, 3.05) is 0 Å². The number of hydrogen-bond acceptors (Lipinski definition) is 4. The zero-order valence-corrected chi connectivity index (χ0v) is 18.7. The van der Waals surface area contributed by atoms with Crippen molar-refractivity contribution < 1.29 is 20.4 Å². The van der Waals surface area contributed by atoms with Crippen LogP contribution in [0.3, 0.4) is 0 Å². The van der Waals surface area contributed by atoms with Gasteiger partial charge in [0.05, 0.1) is 0 Å². The summed E-state index contributed by atoms with van der Waals surface area (Å²) in [5.74, 6) is 0.802. The molecule has 0 radical (unpaired) electrons. The SMILES string of the molecule is CC(CC(C)(c1ccc(O)cc1)c1ccc(O)cc1)(c1ccc(O)cc1)c1ccc(O)cc1. The molecule has 0 saturated heterocycles. The molecule has 0 unspecified atom stereocenters. The first-order chi connectivity index (χ1) is 15.7. The molecule has 0 bridgehead atoms. The summed E-state index contributed by atoms with van der Waals surface area (Å²) >= 11 is 0. The molecule has 4 heteroatoms. The maximum absolute atomic E-state index is 9.89. The van der Waals surface area contributed by atoms with Crippen molar-refractivity contribution in [1.29, 1.82) is 0 Å². The smallest absolute Gasteiger partial charge is 0.115 e. The fraction of sp³-hybridized carbons (Fsp3) is 0.172. The number of rotatable bonds is 6. The maximum atomic E-state index is 9.89. The standard InChI is InChI=1S/C29H28O4/c1-28(20-3-11-24(30)12-4-20,21-5-13-25(31)14-6-21)19-29(2,22-7-15-26(32)16-8-22)23-9-17-27(33)18-10-23/h3-18,30-33H,19H2,1-2H3. The fourth-order valence-corrected chi connectivity index (χ4v) is 4.77. The molecule has 0 saturated carbocycles. The molecule has 4 aromatic carbocycles.